The highest BCUT2D eigenvalue weighted by molar-refractivity contribution is 6.36. The van der Waals surface area contributed by atoms with Gasteiger partial charge in [-0.3, -0.25) is 9.69 Å². The first-order chi connectivity index (χ1) is 20.0. The third kappa shape index (κ3) is 4.90. The first-order valence-corrected chi connectivity index (χ1v) is 14.7. The summed E-state index contributed by atoms with van der Waals surface area (Å²) in [5, 5.41) is 11.6. The van der Waals surface area contributed by atoms with Crippen LogP contribution in [0, 0.1) is 5.41 Å². The molecule has 2 amide bonds. The number of hydrogen-bond acceptors (Lipinski definition) is 3. The van der Waals surface area contributed by atoms with Crippen molar-refractivity contribution in [3.63, 3.8) is 0 Å². The Balaban J connectivity index is 2.03. The minimum absolute atomic E-state index is 0.276. The van der Waals surface area contributed by atoms with Crippen molar-refractivity contribution < 1.29 is 14.7 Å². The lowest BCUT2D eigenvalue weighted by Crippen LogP contribution is -2.59. The van der Waals surface area contributed by atoms with E-state index in [4.69, 9.17) is 23.2 Å². The van der Waals surface area contributed by atoms with Gasteiger partial charge in [-0.2, -0.15) is 0 Å². The van der Waals surface area contributed by atoms with Gasteiger partial charge in [0.05, 0.1) is 12.0 Å². The zero-order chi connectivity index (χ0) is 30.2. The van der Waals surface area contributed by atoms with Crippen molar-refractivity contribution in [1.29, 1.82) is 0 Å². The maximum absolute atomic E-state index is 14.7. The van der Waals surface area contributed by atoms with E-state index in [0.29, 0.717) is 5.56 Å². The quantitative estimate of drug-likeness (QED) is 0.240. The van der Waals surface area contributed by atoms with Crippen molar-refractivity contribution >= 4 is 35.2 Å². The third-order valence-electron chi connectivity index (χ3n) is 8.18. The number of carbonyl (C=O) groups is 2. The third-order valence-corrected chi connectivity index (χ3v) is 8.81. The first-order valence-electron chi connectivity index (χ1n) is 14.0. The normalized spacial score (nSPS) is 20.2. The van der Waals surface area contributed by atoms with Crippen molar-refractivity contribution in [3.05, 3.63) is 141 Å². The predicted octanol–water partition coefficient (Wildman–Crippen LogP) is 8.98. The van der Waals surface area contributed by atoms with Crippen LogP contribution in [0.25, 0.3) is 0 Å². The second kappa shape index (κ2) is 11.6. The van der Waals surface area contributed by atoms with E-state index < -0.39 is 41.1 Å². The van der Waals surface area contributed by atoms with Crippen LogP contribution in [0.4, 0.5) is 4.79 Å². The Hall–Kier alpha value is -3.64. The summed E-state index contributed by atoms with van der Waals surface area (Å²) >= 11 is 14.1. The molecule has 1 heterocycles. The van der Waals surface area contributed by atoms with Gasteiger partial charge in [0.2, 0.25) is 0 Å². The molecule has 1 fully saturated rings. The molecule has 5 nitrogen and oxygen atoms in total. The molecule has 0 aliphatic carbocycles. The highest BCUT2D eigenvalue weighted by atomic mass is 35.5. The molecule has 1 unspecified atom stereocenters. The van der Waals surface area contributed by atoms with Gasteiger partial charge in [-0.05, 0) is 41.2 Å². The summed E-state index contributed by atoms with van der Waals surface area (Å²) in [5.74, 6) is -1.22. The SMILES string of the molecule is CC(c1ccccc1)N1[C@@H](C(C)(C)C)C(=O)N(C(=O)O)[C@@]1(c1c(Cl)cccc1Cl)C(c1ccccc1)c1ccccc1. The van der Waals surface area contributed by atoms with Gasteiger partial charge in [-0.15, -0.1) is 0 Å². The molecule has 5 rings (SSSR count). The Bertz CT molecular complexity index is 1510. The van der Waals surface area contributed by atoms with Gasteiger partial charge in [0.1, 0.15) is 5.66 Å². The number of rotatable bonds is 6. The molecule has 1 saturated heterocycles. The summed E-state index contributed by atoms with van der Waals surface area (Å²) in [7, 11) is 0. The lowest BCUT2D eigenvalue weighted by Gasteiger charge is -2.52. The molecular weight excluding hydrogens is 567 g/mol. The van der Waals surface area contributed by atoms with Crippen molar-refractivity contribution in [2.24, 2.45) is 5.41 Å². The fourth-order valence-corrected chi connectivity index (χ4v) is 7.30. The Morgan fingerprint density at radius 2 is 1.19 bits per heavy atom. The van der Waals surface area contributed by atoms with E-state index >= 15 is 0 Å². The molecule has 0 spiro atoms. The predicted molar refractivity (Wildman–Crippen MR) is 168 cm³/mol. The standard InChI is InChI=1S/C35H34Cl2N2O3/c1-23(24-15-8-5-9-16-24)38-31(34(2,3)4)32(40)39(33(41)42)35(38,30-27(36)21-14-22-28(30)37)29(25-17-10-6-11-18-25)26-19-12-7-13-20-26/h5-23,29,31H,1-4H3,(H,41,42)/t23?,31-,35-/m1/s1. The van der Waals surface area contributed by atoms with Crippen LogP contribution in [-0.2, 0) is 10.5 Å². The van der Waals surface area contributed by atoms with Gasteiger partial charge in [0.15, 0.2) is 0 Å². The molecule has 42 heavy (non-hydrogen) atoms. The van der Waals surface area contributed by atoms with E-state index in [9.17, 15) is 14.7 Å². The summed E-state index contributed by atoms with van der Waals surface area (Å²) in [6.07, 6.45) is -1.37. The lowest BCUT2D eigenvalue weighted by atomic mass is 9.73. The summed E-state index contributed by atoms with van der Waals surface area (Å²) in [6, 6.07) is 33.1. The smallest absolute Gasteiger partial charge is 0.416 e. The molecule has 3 atom stereocenters. The number of amides is 2. The van der Waals surface area contributed by atoms with Crippen molar-refractivity contribution in [2.45, 2.75) is 51.4 Å². The molecular formula is C35H34Cl2N2O3. The van der Waals surface area contributed by atoms with Crippen LogP contribution in [0.5, 0.6) is 0 Å². The largest absolute Gasteiger partial charge is 0.465 e. The molecule has 0 bridgehead atoms. The van der Waals surface area contributed by atoms with Crippen molar-refractivity contribution in [3.8, 4) is 0 Å². The number of hydrogen-bond donors (Lipinski definition) is 1. The molecule has 4 aromatic carbocycles. The van der Waals surface area contributed by atoms with Gasteiger partial charge in [0, 0.05) is 21.7 Å². The Kier molecular flexibility index (Phi) is 8.21. The maximum Gasteiger partial charge on any atom is 0.416 e. The first kappa shape index (κ1) is 29.8. The van der Waals surface area contributed by atoms with Crippen LogP contribution in [0.2, 0.25) is 10.0 Å². The number of halogens is 2. The second-order valence-electron chi connectivity index (χ2n) is 11.8. The average Bonchev–Trinajstić information content (AvgIpc) is 3.23. The fraction of sp³-hybridized carbons (Fsp3) is 0.257. The van der Waals surface area contributed by atoms with Crippen LogP contribution in [0.1, 0.15) is 61.9 Å². The molecule has 216 valence electrons. The molecule has 1 aliphatic heterocycles. The highest BCUT2D eigenvalue weighted by Gasteiger charge is 2.68. The van der Waals surface area contributed by atoms with E-state index in [-0.39, 0.29) is 10.0 Å². The van der Waals surface area contributed by atoms with Crippen LogP contribution < -0.4 is 0 Å². The Labute approximate surface area is 257 Å². The highest BCUT2D eigenvalue weighted by Crippen LogP contribution is 2.60. The molecule has 4 aromatic rings. The van der Waals surface area contributed by atoms with E-state index in [2.05, 4.69) is 4.90 Å². The molecule has 0 aromatic heterocycles. The topological polar surface area (TPSA) is 60.9 Å². The zero-order valence-corrected chi connectivity index (χ0v) is 25.6. The summed E-state index contributed by atoms with van der Waals surface area (Å²) in [5.41, 5.74) is 0.600. The number of imide groups is 1. The number of carbonyl (C=O) groups excluding carboxylic acids is 1. The summed E-state index contributed by atoms with van der Waals surface area (Å²) < 4.78 is 0. The number of carboxylic acid groups (broad SMARTS) is 1. The van der Waals surface area contributed by atoms with E-state index in [0.717, 1.165) is 21.6 Å². The molecule has 1 N–H and O–H groups in total. The van der Waals surface area contributed by atoms with Crippen LogP contribution in [0.15, 0.2) is 109 Å². The monoisotopic (exact) mass is 600 g/mol. The molecule has 1 aliphatic rings. The van der Waals surface area contributed by atoms with Crippen LogP contribution in [-0.4, -0.2) is 32.9 Å². The zero-order valence-electron chi connectivity index (χ0n) is 24.0. The number of nitrogens with zero attached hydrogens (tertiary/aromatic N) is 2. The van der Waals surface area contributed by atoms with E-state index in [1.54, 1.807) is 18.2 Å². The summed E-state index contributed by atoms with van der Waals surface area (Å²) in [4.78, 5) is 31.3. The lowest BCUT2D eigenvalue weighted by molar-refractivity contribution is -0.131. The minimum atomic E-state index is -1.67. The van der Waals surface area contributed by atoms with Crippen molar-refractivity contribution in [1.82, 2.24) is 9.80 Å². The van der Waals surface area contributed by atoms with Crippen LogP contribution >= 0.6 is 23.2 Å². The van der Waals surface area contributed by atoms with Gasteiger partial charge < -0.3 is 5.11 Å². The molecule has 0 saturated carbocycles. The van der Waals surface area contributed by atoms with Gasteiger partial charge >= 0.3 is 6.09 Å². The minimum Gasteiger partial charge on any atom is -0.465 e. The molecule has 0 radical (unpaired) electrons. The Morgan fingerprint density at radius 1 is 0.762 bits per heavy atom. The van der Waals surface area contributed by atoms with Gasteiger partial charge in [-0.25, -0.2) is 9.69 Å². The average molecular weight is 602 g/mol. The fourth-order valence-electron chi connectivity index (χ4n) is 6.62. The maximum atomic E-state index is 14.7. The molecule has 7 heteroatoms. The summed E-state index contributed by atoms with van der Waals surface area (Å²) in [6.45, 7) is 7.90. The van der Waals surface area contributed by atoms with E-state index in [1.165, 1.54) is 0 Å². The van der Waals surface area contributed by atoms with Gasteiger partial charge in [-0.1, -0.05) is 141 Å². The number of benzene rings is 4. The van der Waals surface area contributed by atoms with Crippen molar-refractivity contribution in [2.75, 3.05) is 0 Å². The van der Waals surface area contributed by atoms with Gasteiger partial charge in [0.25, 0.3) is 5.91 Å². The van der Waals surface area contributed by atoms with E-state index in [1.807, 2.05) is 119 Å². The second-order valence-corrected chi connectivity index (χ2v) is 12.6. The van der Waals surface area contributed by atoms with Crippen LogP contribution in [0.3, 0.4) is 0 Å². The Morgan fingerprint density at radius 3 is 1.60 bits per heavy atom.